The Morgan fingerprint density at radius 1 is 1.04 bits per heavy atom. The van der Waals surface area contributed by atoms with Crippen molar-refractivity contribution < 1.29 is 14.3 Å². The smallest absolute Gasteiger partial charge is 0.256 e. The molecule has 1 saturated carbocycles. The predicted octanol–water partition coefficient (Wildman–Crippen LogP) is 5.25. The lowest BCUT2D eigenvalue weighted by Crippen LogP contribution is -2.44. The number of hydrogen-bond acceptors (Lipinski definition) is 3. The predicted molar refractivity (Wildman–Crippen MR) is 108 cm³/mol. The van der Waals surface area contributed by atoms with Crippen molar-refractivity contribution in [2.75, 3.05) is 12.4 Å². The number of nitrogens with one attached hydrogen (secondary N) is 1. The molecule has 3 rings (SSSR count). The normalized spacial score (nSPS) is 16.4. The molecular formula is C23H29NO3. The first-order valence-electron chi connectivity index (χ1n) is 9.77. The van der Waals surface area contributed by atoms with Gasteiger partial charge in [0.2, 0.25) is 0 Å². The fourth-order valence-corrected chi connectivity index (χ4v) is 3.69. The van der Waals surface area contributed by atoms with Crippen molar-refractivity contribution in [3.63, 3.8) is 0 Å². The van der Waals surface area contributed by atoms with Crippen LogP contribution in [0.5, 0.6) is 5.75 Å². The summed E-state index contributed by atoms with van der Waals surface area (Å²) in [6.45, 7) is 2.52. The van der Waals surface area contributed by atoms with E-state index in [1.54, 1.807) is 7.11 Å². The molecule has 1 aliphatic rings. The highest BCUT2D eigenvalue weighted by atomic mass is 16.5. The highest BCUT2D eigenvalue weighted by molar-refractivity contribution is 5.97. The summed E-state index contributed by atoms with van der Waals surface area (Å²) in [5, 5.41) is 3.05. The molecular weight excluding hydrogens is 338 g/mol. The third kappa shape index (κ3) is 4.89. The maximum atomic E-state index is 12.9. The van der Waals surface area contributed by atoms with Crippen molar-refractivity contribution >= 4 is 11.6 Å². The fraction of sp³-hybridized carbons (Fsp3) is 0.435. The second-order valence-electron chi connectivity index (χ2n) is 7.32. The van der Waals surface area contributed by atoms with E-state index in [2.05, 4.69) is 5.32 Å². The molecule has 1 N–H and O–H groups in total. The number of anilines is 1. The number of rotatable bonds is 6. The van der Waals surface area contributed by atoms with Gasteiger partial charge in [0.15, 0.2) is 0 Å². The van der Waals surface area contributed by atoms with Crippen LogP contribution in [0.1, 0.15) is 49.7 Å². The van der Waals surface area contributed by atoms with Gasteiger partial charge in [0.05, 0.1) is 0 Å². The topological polar surface area (TPSA) is 47.6 Å². The van der Waals surface area contributed by atoms with Gasteiger partial charge >= 0.3 is 0 Å². The lowest BCUT2D eigenvalue weighted by molar-refractivity contribution is -0.139. The Bertz CT molecular complexity index is 749. The van der Waals surface area contributed by atoms with Gasteiger partial charge in [0.1, 0.15) is 18.0 Å². The van der Waals surface area contributed by atoms with E-state index in [0.717, 1.165) is 48.2 Å². The van der Waals surface area contributed by atoms with Crippen molar-refractivity contribution in [2.45, 2.75) is 57.7 Å². The van der Waals surface area contributed by atoms with Crippen LogP contribution in [0.25, 0.3) is 0 Å². The second kappa shape index (κ2) is 9.05. The highest BCUT2D eigenvalue weighted by Gasteiger charge is 2.38. The molecule has 0 aromatic heterocycles. The molecule has 2 aromatic rings. The summed E-state index contributed by atoms with van der Waals surface area (Å²) >= 11 is 0. The van der Waals surface area contributed by atoms with E-state index in [1.807, 2.05) is 55.5 Å². The summed E-state index contributed by atoms with van der Waals surface area (Å²) in [5.74, 6) is 0.789. The van der Waals surface area contributed by atoms with Crippen LogP contribution in [0.4, 0.5) is 5.69 Å². The van der Waals surface area contributed by atoms with E-state index in [1.165, 1.54) is 12.8 Å². The minimum absolute atomic E-state index is 0.0377. The first kappa shape index (κ1) is 19.4. The Morgan fingerprint density at radius 2 is 1.74 bits per heavy atom. The van der Waals surface area contributed by atoms with Gasteiger partial charge in [-0.1, -0.05) is 56.0 Å². The summed E-state index contributed by atoms with van der Waals surface area (Å²) in [6.07, 6.45) is 5.98. The molecule has 144 valence electrons. The Balaban J connectivity index is 1.65. The molecule has 2 aromatic carbocycles. The first-order valence-corrected chi connectivity index (χ1v) is 9.77. The van der Waals surface area contributed by atoms with Crippen molar-refractivity contribution in [3.8, 4) is 5.75 Å². The Hall–Kier alpha value is -2.33. The molecule has 1 amide bonds. The van der Waals surface area contributed by atoms with Gasteiger partial charge in [-0.3, -0.25) is 4.79 Å². The quantitative estimate of drug-likeness (QED) is 0.709. The molecule has 0 bridgehead atoms. The van der Waals surface area contributed by atoms with Gasteiger partial charge in [0.25, 0.3) is 5.91 Å². The molecule has 27 heavy (non-hydrogen) atoms. The minimum atomic E-state index is -0.702. The van der Waals surface area contributed by atoms with Gasteiger partial charge < -0.3 is 14.8 Å². The van der Waals surface area contributed by atoms with Gasteiger partial charge in [-0.2, -0.15) is 0 Å². The molecule has 4 nitrogen and oxygen atoms in total. The summed E-state index contributed by atoms with van der Waals surface area (Å²) in [4.78, 5) is 12.9. The van der Waals surface area contributed by atoms with Crippen molar-refractivity contribution in [3.05, 3.63) is 59.7 Å². The Kier molecular flexibility index (Phi) is 6.51. The van der Waals surface area contributed by atoms with E-state index in [4.69, 9.17) is 9.47 Å². The monoisotopic (exact) mass is 367 g/mol. The van der Waals surface area contributed by atoms with Crippen LogP contribution in [0, 0.1) is 6.92 Å². The molecule has 0 saturated heterocycles. The van der Waals surface area contributed by atoms with Gasteiger partial charge in [-0.05, 0) is 49.1 Å². The molecule has 0 unspecified atom stereocenters. The zero-order chi connectivity index (χ0) is 19.1. The number of methoxy groups -OCH3 is 1. The second-order valence-corrected chi connectivity index (χ2v) is 7.32. The average molecular weight is 367 g/mol. The number of carbonyl (C=O) groups is 1. The number of amides is 1. The molecule has 0 spiro atoms. The molecule has 0 radical (unpaired) electrons. The molecule has 1 fully saturated rings. The lowest BCUT2D eigenvalue weighted by Gasteiger charge is -2.30. The van der Waals surface area contributed by atoms with Gasteiger partial charge in [-0.25, -0.2) is 0 Å². The molecule has 1 aliphatic carbocycles. The molecule has 0 heterocycles. The van der Waals surface area contributed by atoms with Crippen LogP contribution in [0.15, 0.2) is 48.5 Å². The van der Waals surface area contributed by atoms with E-state index in [-0.39, 0.29) is 5.91 Å². The van der Waals surface area contributed by atoms with Crippen molar-refractivity contribution in [1.29, 1.82) is 0 Å². The summed E-state index contributed by atoms with van der Waals surface area (Å²) in [7, 11) is 1.65. The van der Waals surface area contributed by atoms with E-state index in [9.17, 15) is 4.79 Å². The summed E-state index contributed by atoms with van der Waals surface area (Å²) < 4.78 is 11.6. The molecule has 4 heteroatoms. The zero-order valence-electron chi connectivity index (χ0n) is 16.3. The third-order valence-corrected chi connectivity index (χ3v) is 5.39. The maximum Gasteiger partial charge on any atom is 0.256 e. The minimum Gasteiger partial charge on any atom is -0.489 e. The molecule has 0 atom stereocenters. The van der Waals surface area contributed by atoms with Crippen LogP contribution in [0.2, 0.25) is 0 Å². The highest BCUT2D eigenvalue weighted by Crippen LogP contribution is 2.32. The SMILES string of the molecule is COC1(C(=O)Nc2ccc(OCc3ccccc3)c(C)c2)CCCCCC1. The fourth-order valence-electron chi connectivity index (χ4n) is 3.69. The zero-order valence-corrected chi connectivity index (χ0v) is 16.3. The third-order valence-electron chi connectivity index (χ3n) is 5.39. The first-order chi connectivity index (χ1) is 13.1. The van der Waals surface area contributed by atoms with Crippen LogP contribution in [-0.4, -0.2) is 18.6 Å². The Morgan fingerprint density at radius 3 is 2.37 bits per heavy atom. The molecule has 0 aliphatic heterocycles. The van der Waals surface area contributed by atoms with Crippen LogP contribution >= 0.6 is 0 Å². The number of benzene rings is 2. The van der Waals surface area contributed by atoms with Gasteiger partial charge in [-0.15, -0.1) is 0 Å². The van der Waals surface area contributed by atoms with E-state index >= 15 is 0 Å². The number of hydrogen-bond donors (Lipinski definition) is 1. The number of aryl methyl sites for hydroxylation is 1. The van der Waals surface area contributed by atoms with Crippen molar-refractivity contribution in [1.82, 2.24) is 0 Å². The summed E-state index contributed by atoms with van der Waals surface area (Å²) in [6, 6.07) is 15.9. The van der Waals surface area contributed by atoms with Crippen LogP contribution in [-0.2, 0) is 16.1 Å². The lowest BCUT2D eigenvalue weighted by atomic mass is 9.93. The van der Waals surface area contributed by atoms with E-state index < -0.39 is 5.60 Å². The Labute approximate surface area is 161 Å². The van der Waals surface area contributed by atoms with E-state index in [0.29, 0.717) is 6.61 Å². The van der Waals surface area contributed by atoms with Crippen molar-refractivity contribution in [2.24, 2.45) is 0 Å². The number of carbonyl (C=O) groups excluding carboxylic acids is 1. The largest absolute Gasteiger partial charge is 0.489 e. The summed E-state index contributed by atoms with van der Waals surface area (Å²) in [5.41, 5.74) is 2.21. The standard InChI is InChI=1S/C23H29NO3/c1-18-16-20(12-13-21(18)27-17-19-10-6-5-7-11-19)24-22(25)23(26-2)14-8-3-4-9-15-23/h5-7,10-13,16H,3-4,8-9,14-15,17H2,1-2H3,(H,24,25). The van der Waals surface area contributed by atoms with Crippen LogP contribution < -0.4 is 10.1 Å². The van der Waals surface area contributed by atoms with Gasteiger partial charge in [0, 0.05) is 12.8 Å². The number of ether oxygens (including phenoxy) is 2. The maximum absolute atomic E-state index is 12.9. The average Bonchev–Trinajstić information content (AvgIpc) is 2.95. The van der Waals surface area contributed by atoms with Crippen LogP contribution in [0.3, 0.4) is 0 Å².